The van der Waals surface area contributed by atoms with Crippen LogP contribution < -0.4 is 24.3 Å². The second-order valence-corrected chi connectivity index (χ2v) is 19.2. The van der Waals surface area contributed by atoms with Crippen molar-refractivity contribution in [3.05, 3.63) is 108 Å². The molecule has 0 aromatic heterocycles. The molecule has 0 fully saturated rings. The average Bonchev–Trinajstić information content (AvgIpc) is 3.16. The van der Waals surface area contributed by atoms with Gasteiger partial charge in [-0.1, -0.05) is 73.7 Å². The zero-order valence-electron chi connectivity index (χ0n) is 29.9. The van der Waals surface area contributed by atoms with Crippen LogP contribution in [0.1, 0.15) is 36.1 Å². The first-order chi connectivity index (χ1) is 24.6. The van der Waals surface area contributed by atoms with Crippen molar-refractivity contribution in [1.82, 2.24) is 4.90 Å². The van der Waals surface area contributed by atoms with Gasteiger partial charge >= 0.3 is 0 Å². The van der Waals surface area contributed by atoms with Crippen molar-refractivity contribution in [2.24, 2.45) is 5.92 Å². The van der Waals surface area contributed by atoms with Gasteiger partial charge in [0, 0.05) is 42.8 Å². The summed E-state index contributed by atoms with van der Waals surface area (Å²) in [6.45, 7) is 7.07. The van der Waals surface area contributed by atoms with Crippen molar-refractivity contribution in [3.8, 4) is 17.2 Å². The molecule has 1 N–H and O–H groups in total. The van der Waals surface area contributed by atoms with Crippen LogP contribution in [0.5, 0.6) is 17.2 Å². The molecule has 10 heteroatoms. The van der Waals surface area contributed by atoms with Crippen molar-refractivity contribution in [1.29, 1.82) is 0 Å². The summed E-state index contributed by atoms with van der Waals surface area (Å²) >= 11 is 0. The van der Waals surface area contributed by atoms with E-state index in [0.29, 0.717) is 35.8 Å². The molecule has 5 atom stereocenters. The average molecular weight is 707 g/mol. The molecule has 0 aliphatic carbocycles. The first kappa shape index (κ1) is 34.8. The summed E-state index contributed by atoms with van der Waals surface area (Å²) in [7, 11) is 0.899. The zero-order valence-corrected chi connectivity index (χ0v) is 30.9. The standard InChI is InChI=1S/C41H46N2O7Si/c1-26-40(48-3)33-21-29(43-34-12-8-9-13-36(34)49-25-39(43)46)14-19-35(33)50-41(26)37(51(4,5)32-17-15-31(47-2)16-18-32)22-38(45)42-23-28-11-7-6-10-27(28)20-30(42)24-44/h6-19,21,26,30,37,40-41,44H,20,22-25H2,1-5H3/t26-,30+,37?,40-,41-/m1/s1. The lowest BCUT2D eigenvalue weighted by atomic mass is 9.86. The monoisotopic (exact) mass is 706 g/mol. The van der Waals surface area contributed by atoms with Gasteiger partial charge in [-0.25, -0.2) is 0 Å². The highest BCUT2D eigenvalue weighted by atomic mass is 28.3. The van der Waals surface area contributed by atoms with E-state index >= 15 is 0 Å². The van der Waals surface area contributed by atoms with Gasteiger partial charge in [-0.15, -0.1) is 0 Å². The number of carbonyl (C=O) groups is 2. The second-order valence-electron chi connectivity index (χ2n) is 14.4. The molecule has 4 aromatic rings. The molecule has 0 bridgehead atoms. The summed E-state index contributed by atoms with van der Waals surface area (Å²) in [6, 6.07) is 29.4. The summed E-state index contributed by atoms with van der Waals surface area (Å²) in [5.74, 6) is 1.84. The number of ether oxygens (including phenoxy) is 4. The topological polar surface area (TPSA) is 97.8 Å². The van der Waals surface area contributed by atoms with Crippen molar-refractivity contribution < 1.29 is 33.6 Å². The number of nitrogens with zero attached hydrogens (tertiary/aromatic N) is 2. The van der Waals surface area contributed by atoms with Crippen molar-refractivity contribution in [2.45, 2.75) is 63.2 Å². The third-order valence-corrected chi connectivity index (χ3v) is 15.4. The molecule has 3 aliphatic rings. The predicted octanol–water partition coefficient (Wildman–Crippen LogP) is 6.16. The Morgan fingerprint density at radius 2 is 1.69 bits per heavy atom. The molecule has 0 radical (unpaired) electrons. The van der Waals surface area contributed by atoms with Gasteiger partial charge in [-0.3, -0.25) is 14.5 Å². The van der Waals surface area contributed by atoms with E-state index in [1.165, 1.54) is 10.8 Å². The number of benzene rings is 4. The van der Waals surface area contributed by atoms with E-state index in [0.717, 1.165) is 16.9 Å². The van der Waals surface area contributed by atoms with Crippen molar-refractivity contribution >= 4 is 36.4 Å². The Hall–Kier alpha value is -4.64. The molecule has 0 spiro atoms. The number of aliphatic hydroxyl groups is 1. The Morgan fingerprint density at radius 1 is 0.961 bits per heavy atom. The molecule has 1 unspecified atom stereocenters. The highest BCUT2D eigenvalue weighted by Crippen LogP contribution is 2.49. The number of rotatable bonds is 9. The lowest BCUT2D eigenvalue weighted by Gasteiger charge is -2.46. The number of hydrogen-bond acceptors (Lipinski definition) is 7. The number of amides is 2. The van der Waals surface area contributed by atoms with E-state index in [1.54, 1.807) is 19.1 Å². The van der Waals surface area contributed by atoms with Crippen molar-refractivity contribution in [2.75, 3.05) is 32.3 Å². The number of fused-ring (bicyclic) bond motifs is 3. The first-order valence-corrected chi connectivity index (χ1v) is 20.7. The molecule has 266 valence electrons. The van der Waals surface area contributed by atoms with Crippen LogP contribution in [0, 0.1) is 5.92 Å². The Morgan fingerprint density at radius 3 is 2.41 bits per heavy atom. The summed E-state index contributed by atoms with van der Waals surface area (Å²) in [4.78, 5) is 31.3. The van der Waals surface area contributed by atoms with Crippen LogP contribution in [0.15, 0.2) is 91.0 Å². The summed E-state index contributed by atoms with van der Waals surface area (Å²) in [6.07, 6.45) is 0.185. The second kappa shape index (κ2) is 14.2. The number of para-hydroxylation sites is 2. The van der Waals surface area contributed by atoms with Gasteiger partial charge in [0.15, 0.2) is 6.61 Å². The SMILES string of the molecule is COc1ccc([Si](C)(C)C(CC(=O)N2Cc3ccccc3C[C@H]2CO)[C@@H]2Oc3ccc(N4C(=O)COc5ccccc54)cc3[C@H](OC)[C@H]2C)cc1. The fourth-order valence-corrected chi connectivity index (χ4v) is 11.6. The lowest BCUT2D eigenvalue weighted by molar-refractivity contribution is -0.136. The summed E-state index contributed by atoms with van der Waals surface area (Å²) in [5.41, 5.74) is 4.41. The minimum atomic E-state index is -2.47. The molecule has 3 aliphatic heterocycles. The van der Waals surface area contributed by atoms with Crippen LogP contribution in [-0.2, 0) is 27.3 Å². The van der Waals surface area contributed by atoms with Gasteiger partial charge in [0.05, 0.1) is 39.6 Å². The molecule has 3 heterocycles. The molecular formula is C41H46N2O7Si. The minimum absolute atomic E-state index is 0.0121. The van der Waals surface area contributed by atoms with E-state index in [1.807, 2.05) is 71.6 Å². The van der Waals surface area contributed by atoms with Crippen LogP contribution in [0.3, 0.4) is 0 Å². The maximum Gasteiger partial charge on any atom is 0.269 e. The van der Waals surface area contributed by atoms with Gasteiger partial charge in [-0.05, 0) is 60.0 Å². The quantitative estimate of drug-likeness (QED) is 0.208. The molecule has 9 nitrogen and oxygen atoms in total. The highest BCUT2D eigenvalue weighted by molar-refractivity contribution is 6.91. The highest BCUT2D eigenvalue weighted by Gasteiger charge is 2.49. The van der Waals surface area contributed by atoms with Gasteiger partial charge < -0.3 is 29.0 Å². The Kier molecular flexibility index (Phi) is 9.67. The lowest BCUT2D eigenvalue weighted by Crippen LogP contribution is -2.56. The fraction of sp³-hybridized carbons (Fsp3) is 0.366. The number of carbonyl (C=O) groups excluding carboxylic acids is 2. The number of aliphatic hydroxyl groups excluding tert-OH is 1. The van der Waals surface area contributed by atoms with E-state index < -0.39 is 8.07 Å². The Labute approximate surface area is 300 Å². The van der Waals surface area contributed by atoms with Crippen LogP contribution in [0.25, 0.3) is 0 Å². The smallest absolute Gasteiger partial charge is 0.269 e. The normalized spacial score (nSPS) is 21.8. The first-order valence-electron chi connectivity index (χ1n) is 17.6. The number of anilines is 2. The van der Waals surface area contributed by atoms with Gasteiger partial charge in [-0.2, -0.15) is 0 Å². The van der Waals surface area contributed by atoms with Gasteiger partial charge in [0.25, 0.3) is 5.91 Å². The van der Waals surface area contributed by atoms with Gasteiger partial charge in [0.1, 0.15) is 23.4 Å². The Balaban J connectivity index is 1.25. The largest absolute Gasteiger partial charge is 0.497 e. The van der Waals surface area contributed by atoms with Crippen LogP contribution in [-0.4, -0.2) is 69.5 Å². The molecule has 0 saturated heterocycles. The fourth-order valence-electron chi connectivity index (χ4n) is 8.25. The van der Waals surface area contributed by atoms with E-state index in [2.05, 4.69) is 44.3 Å². The maximum atomic E-state index is 14.5. The molecule has 7 rings (SSSR count). The Bertz CT molecular complexity index is 1910. The third-order valence-electron chi connectivity index (χ3n) is 11.2. The zero-order chi connectivity index (χ0) is 35.9. The summed E-state index contributed by atoms with van der Waals surface area (Å²) in [5, 5.41) is 11.6. The molecule has 51 heavy (non-hydrogen) atoms. The van der Waals surface area contributed by atoms with E-state index in [9.17, 15) is 14.7 Å². The maximum absolute atomic E-state index is 14.5. The van der Waals surface area contributed by atoms with Gasteiger partial charge in [0.2, 0.25) is 5.91 Å². The van der Waals surface area contributed by atoms with E-state index in [-0.39, 0.29) is 61.2 Å². The van der Waals surface area contributed by atoms with Crippen LogP contribution in [0.2, 0.25) is 18.6 Å². The van der Waals surface area contributed by atoms with Crippen LogP contribution >= 0.6 is 0 Å². The summed E-state index contributed by atoms with van der Waals surface area (Å²) < 4.78 is 24.4. The molecule has 4 aromatic carbocycles. The van der Waals surface area contributed by atoms with E-state index in [4.69, 9.17) is 18.9 Å². The van der Waals surface area contributed by atoms with Crippen LogP contribution in [0.4, 0.5) is 11.4 Å². The molecular weight excluding hydrogens is 661 g/mol. The molecule has 2 amide bonds. The number of methoxy groups -OCH3 is 2. The molecule has 0 saturated carbocycles. The minimum Gasteiger partial charge on any atom is -0.497 e. The van der Waals surface area contributed by atoms with Crippen molar-refractivity contribution in [3.63, 3.8) is 0 Å². The third kappa shape index (κ3) is 6.41. The number of hydrogen-bond donors (Lipinski definition) is 1. The predicted molar refractivity (Wildman–Crippen MR) is 199 cm³/mol.